The number of nitrogens with zero attached hydrogens (tertiary/aromatic N) is 3. The summed E-state index contributed by atoms with van der Waals surface area (Å²) in [5.41, 5.74) is 3.40. The van der Waals surface area contributed by atoms with Gasteiger partial charge in [-0.15, -0.1) is 0 Å². The molecule has 0 saturated carbocycles. The zero-order valence-corrected chi connectivity index (χ0v) is 15.2. The van der Waals surface area contributed by atoms with Gasteiger partial charge in [-0.05, 0) is 36.2 Å². The molecule has 4 nitrogen and oxygen atoms in total. The van der Waals surface area contributed by atoms with E-state index in [1.54, 1.807) is 12.1 Å². The Balaban J connectivity index is 1.39. The van der Waals surface area contributed by atoms with E-state index in [4.69, 9.17) is 0 Å². The number of β-amino-alcohol motifs (C(OH)–C–C–N with tert-alkyl or cyclic N) is 1. The van der Waals surface area contributed by atoms with E-state index in [0.717, 1.165) is 37.3 Å². The van der Waals surface area contributed by atoms with Crippen LogP contribution in [0.4, 0.5) is 4.39 Å². The molecule has 0 aliphatic carbocycles. The second-order valence-corrected chi connectivity index (χ2v) is 7.25. The van der Waals surface area contributed by atoms with Crippen molar-refractivity contribution >= 4 is 0 Å². The van der Waals surface area contributed by atoms with Crippen LogP contribution in [-0.2, 0) is 13.1 Å². The summed E-state index contributed by atoms with van der Waals surface area (Å²) < 4.78 is 15.3. The summed E-state index contributed by atoms with van der Waals surface area (Å²) >= 11 is 0. The van der Waals surface area contributed by atoms with Crippen LogP contribution in [0, 0.1) is 5.82 Å². The maximum absolute atomic E-state index is 13.1. The summed E-state index contributed by atoms with van der Waals surface area (Å²) in [6.07, 6.45) is 4.18. The minimum absolute atomic E-state index is 0.0658. The van der Waals surface area contributed by atoms with Crippen molar-refractivity contribution in [2.24, 2.45) is 0 Å². The van der Waals surface area contributed by atoms with Gasteiger partial charge in [0.25, 0.3) is 0 Å². The van der Waals surface area contributed by atoms with E-state index in [1.807, 2.05) is 30.7 Å². The fraction of sp³-hybridized carbons (Fsp3) is 0.318. The number of likely N-dealkylation sites (tertiary alicyclic amines) is 1. The molecule has 2 atom stereocenters. The van der Waals surface area contributed by atoms with Gasteiger partial charge >= 0.3 is 0 Å². The molecule has 0 radical (unpaired) electrons. The Labute approximate surface area is 158 Å². The lowest BCUT2D eigenvalue weighted by molar-refractivity contribution is 0.0466. The molecule has 1 aromatic heterocycles. The molecular weight excluding hydrogens is 341 g/mol. The minimum Gasteiger partial charge on any atom is -0.391 e. The van der Waals surface area contributed by atoms with Gasteiger partial charge in [-0.25, -0.2) is 9.37 Å². The predicted molar refractivity (Wildman–Crippen MR) is 103 cm³/mol. The molecule has 2 aromatic carbocycles. The van der Waals surface area contributed by atoms with Crippen LogP contribution >= 0.6 is 0 Å². The van der Waals surface area contributed by atoms with Crippen LogP contribution in [-0.4, -0.2) is 38.8 Å². The van der Waals surface area contributed by atoms with Crippen LogP contribution in [0.5, 0.6) is 0 Å². The van der Waals surface area contributed by atoms with Gasteiger partial charge < -0.3 is 9.67 Å². The Bertz CT molecular complexity index is 863. The van der Waals surface area contributed by atoms with Gasteiger partial charge in [0.05, 0.1) is 18.1 Å². The molecule has 1 aliphatic heterocycles. The molecule has 2 heterocycles. The van der Waals surface area contributed by atoms with Crippen LogP contribution in [0.25, 0.3) is 0 Å². The van der Waals surface area contributed by atoms with Gasteiger partial charge in [0, 0.05) is 31.7 Å². The molecule has 0 amide bonds. The lowest BCUT2D eigenvalue weighted by atomic mass is 9.87. The highest BCUT2D eigenvalue weighted by Crippen LogP contribution is 2.29. The molecule has 27 heavy (non-hydrogen) atoms. The molecule has 1 fully saturated rings. The molecule has 1 saturated heterocycles. The normalized spacial score (nSPS) is 20.7. The summed E-state index contributed by atoms with van der Waals surface area (Å²) in [6.45, 7) is 3.07. The van der Waals surface area contributed by atoms with Crippen molar-refractivity contribution in [2.45, 2.75) is 31.5 Å². The van der Waals surface area contributed by atoms with E-state index in [0.29, 0.717) is 6.54 Å². The van der Waals surface area contributed by atoms with Crippen molar-refractivity contribution in [3.05, 3.63) is 89.8 Å². The minimum atomic E-state index is -0.449. The molecule has 1 N–H and O–H groups in total. The quantitative estimate of drug-likeness (QED) is 0.753. The zero-order chi connectivity index (χ0) is 18.6. The Morgan fingerprint density at radius 1 is 1.04 bits per heavy atom. The summed E-state index contributed by atoms with van der Waals surface area (Å²) in [5.74, 6) is -0.173. The van der Waals surface area contributed by atoms with Gasteiger partial charge in [-0.2, -0.15) is 0 Å². The number of benzene rings is 2. The van der Waals surface area contributed by atoms with Crippen molar-refractivity contribution in [1.82, 2.24) is 14.5 Å². The van der Waals surface area contributed by atoms with Crippen LogP contribution in [0.2, 0.25) is 0 Å². The number of hydrogen-bond acceptors (Lipinski definition) is 3. The van der Waals surface area contributed by atoms with Gasteiger partial charge in [0.15, 0.2) is 0 Å². The number of aromatic nitrogens is 2. The number of aliphatic hydroxyl groups is 1. The van der Waals surface area contributed by atoms with E-state index >= 15 is 0 Å². The van der Waals surface area contributed by atoms with Crippen molar-refractivity contribution in [3.63, 3.8) is 0 Å². The van der Waals surface area contributed by atoms with Crippen LogP contribution < -0.4 is 0 Å². The SMILES string of the molecule is O[C@@H]1CN(Cc2cncn2Cc2ccccc2)CC[C@H]1c1ccc(F)cc1. The number of halogens is 1. The van der Waals surface area contributed by atoms with Crippen LogP contribution in [0.1, 0.15) is 29.2 Å². The van der Waals surface area contributed by atoms with E-state index < -0.39 is 6.10 Å². The molecule has 5 heteroatoms. The third-order valence-electron chi connectivity index (χ3n) is 5.34. The van der Waals surface area contributed by atoms with Crippen molar-refractivity contribution in [3.8, 4) is 0 Å². The smallest absolute Gasteiger partial charge is 0.123 e. The first-order valence-corrected chi connectivity index (χ1v) is 9.38. The molecule has 4 rings (SSSR count). The van der Waals surface area contributed by atoms with Crippen LogP contribution in [0.3, 0.4) is 0 Å². The van der Waals surface area contributed by atoms with E-state index in [9.17, 15) is 9.50 Å². The first kappa shape index (κ1) is 17.9. The van der Waals surface area contributed by atoms with Gasteiger partial charge in [-0.3, -0.25) is 4.90 Å². The van der Waals surface area contributed by atoms with Gasteiger partial charge in [0.1, 0.15) is 5.82 Å². The number of rotatable bonds is 5. The Kier molecular flexibility index (Phi) is 5.32. The molecular formula is C22H24FN3O. The van der Waals surface area contributed by atoms with Crippen molar-refractivity contribution < 1.29 is 9.50 Å². The highest BCUT2D eigenvalue weighted by molar-refractivity contribution is 5.22. The molecule has 0 spiro atoms. The molecule has 0 bridgehead atoms. The maximum atomic E-state index is 13.1. The van der Waals surface area contributed by atoms with E-state index in [1.165, 1.54) is 17.7 Å². The number of imidazole rings is 1. The second-order valence-electron chi connectivity index (χ2n) is 7.25. The number of hydrogen-bond donors (Lipinski definition) is 1. The number of aliphatic hydroxyl groups excluding tert-OH is 1. The second kappa shape index (κ2) is 8.03. The van der Waals surface area contributed by atoms with E-state index in [-0.39, 0.29) is 11.7 Å². The fourth-order valence-corrected chi connectivity index (χ4v) is 3.87. The van der Waals surface area contributed by atoms with Gasteiger partial charge in [0.2, 0.25) is 0 Å². The molecule has 1 aliphatic rings. The third kappa shape index (κ3) is 4.26. The average Bonchev–Trinajstić information content (AvgIpc) is 3.10. The topological polar surface area (TPSA) is 41.3 Å². The largest absolute Gasteiger partial charge is 0.391 e. The standard InChI is InChI=1S/C22H24FN3O/c23-19-8-6-18(7-9-19)21-10-11-25(15-22(21)27)14-20-12-24-16-26(20)13-17-4-2-1-3-5-17/h1-9,12,16,21-22,27H,10-11,13-15H2/t21-,22+/m0/s1. The maximum Gasteiger partial charge on any atom is 0.123 e. The van der Waals surface area contributed by atoms with Gasteiger partial charge in [-0.1, -0.05) is 42.5 Å². The Hall–Kier alpha value is -2.50. The summed E-state index contributed by atoms with van der Waals surface area (Å²) in [6, 6.07) is 16.8. The lowest BCUT2D eigenvalue weighted by Crippen LogP contribution is -2.42. The Morgan fingerprint density at radius 2 is 1.81 bits per heavy atom. The summed E-state index contributed by atoms with van der Waals surface area (Å²) in [4.78, 5) is 6.58. The first-order chi connectivity index (χ1) is 13.2. The molecule has 3 aromatic rings. The molecule has 0 unspecified atom stereocenters. The fourth-order valence-electron chi connectivity index (χ4n) is 3.87. The highest BCUT2D eigenvalue weighted by atomic mass is 19.1. The van der Waals surface area contributed by atoms with Crippen molar-refractivity contribution in [1.29, 1.82) is 0 Å². The zero-order valence-electron chi connectivity index (χ0n) is 15.2. The highest BCUT2D eigenvalue weighted by Gasteiger charge is 2.29. The van der Waals surface area contributed by atoms with E-state index in [2.05, 4.69) is 26.6 Å². The van der Waals surface area contributed by atoms with Crippen LogP contribution in [0.15, 0.2) is 67.1 Å². The summed E-state index contributed by atoms with van der Waals surface area (Å²) in [7, 11) is 0. The summed E-state index contributed by atoms with van der Waals surface area (Å²) in [5, 5.41) is 10.6. The first-order valence-electron chi connectivity index (χ1n) is 9.38. The average molecular weight is 365 g/mol. The number of piperidine rings is 1. The monoisotopic (exact) mass is 365 g/mol. The van der Waals surface area contributed by atoms with Crippen molar-refractivity contribution in [2.75, 3.05) is 13.1 Å². The predicted octanol–water partition coefficient (Wildman–Crippen LogP) is 3.42. The Morgan fingerprint density at radius 3 is 2.56 bits per heavy atom. The lowest BCUT2D eigenvalue weighted by Gasteiger charge is -2.36. The third-order valence-corrected chi connectivity index (χ3v) is 5.34. The molecule has 140 valence electrons.